The minimum absolute atomic E-state index is 0.0394. The highest BCUT2D eigenvalue weighted by molar-refractivity contribution is 6.30. The summed E-state index contributed by atoms with van der Waals surface area (Å²) in [4.78, 5) is 0. The number of nitrogens with one attached hydrogen (secondary N) is 2. The lowest BCUT2D eigenvalue weighted by Crippen LogP contribution is -2.33. The maximum atomic E-state index is 5.91. The smallest absolute Gasteiger partial charge is 0.120 e. The zero-order chi connectivity index (χ0) is 14.5. The summed E-state index contributed by atoms with van der Waals surface area (Å²) in [5.74, 6) is 0.780. The average molecular weight is 308 g/mol. The third-order valence-electron chi connectivity index (χ3n) is 3.34. The van der Waals surface area contributed by atoms with Crippen molar-refractivity contribution in [2.75, 3.05) is 26.3 Å². The van der Waals surface area contributed by atoms with E-state index < -0.39 is 0 Å². The summed E-state index contributed by atoms with van der Waals surface area (Å²) in [6.45, 7) is 3.01. The summed E-state index contributed by atoms with van der Waals surface area (Å²) >= 11 is 5.91. The Labute approximate surface area is 128 Å². The first-order valence-electron chi connectivity index (χ1n) is 7.06. The second-order valence-corrected chi connectivity index (χ2v) is 5.37. The molecule has 0 radical (unpaired) electrons. The van der Waals surface area contributed by atoms with E-state index in [-0.39, 0.29) is 6.10 Å². The van der Waals surface area contributed by atoms with Crippen molar-refractivity contribution in [2.45, 2.75) is 12.5 Å². The first kappa shape index (κ1) is 14.4. The van der Waals surface area contributed by atoms with E-state index in [2.05, 4.69) is 15.5 Å². The molecule has 5 nitrogen and oxygen atoms in total. The Morgan fingerprint density at radius 3 is 3.14 bits per heavy atom. The van der Waals surface area contributed by atoms with E-state index in [0.29, 0.717) is 11.6 Å². The number of hydrogen-bond donors (Lipinski definition) is 2. The summed E-state index contributed by atoms with van der Waals surface area (Å²) in [7, 11) is 0. The molecule has 0 amide bonds. The number of nitrogens with zero attached hydrogens (tertiary/aromatic N) is 1. The van der Waals surface area contributed by atoms with Gasteiger partial charge in [0.25, 0.3) is 0 Å². The molecule has 0 spiro atoms. The second kappa shape index (κ2) is 6.93. The summed E-state index contributed by atoms with van der Waals surface area (Å²) in [5.41, 5.74) is 1.99. The molecular formula is C15H18ClN3O2. The van der Waals surface area contributed by atoms with Gasteiger partial charge in [-0.2, -0.15) is 5.10 Å². The summed E-state index contributed by atoms with van der Waals surface area (Å²) < 4.78 is 11.3. The van der Waals surface area contributed by atoms with Crippen molar-refractivity contribution in [3.8, 4) is 5.75 Å². The molecule has 0 aliphatic carbocycles. The lowest BCUT2D eigenvalue weighted by atomic mass is 10.2. The van der Waals surface area contributed by atoms with E-state index in [1.807, 2.05) is 30.3 Å². The molecule has 21 heavy (non-hydrogen) atoms. The summed E-state index contributed by atoms with van der Waals surface area (Å²) in [6.07, 6.45) is 0.803. The van der Waals surface area contributed by atoms with Crippen molar-refractivity contribution in [1.82, 2.24) is 15.5 Å². The number of ether oxygens (including phenoxy) is 2. The van der Waals surface area contributed by atoms with Crippen LogP contribution in [0.25, 0.3) is 0 Å². The number of aromatic nitrogens is 2. The largest absolute Gasteiger partial charge is 0.493 e. The van der Waals surface area contributed by atoms with Gasteiger partial charge in [-0.3, -0.25) is 5.10 Å². The van der Waals surface area contributed by atoms with Crippen LogP contribution in [-0.4, -0.2) is 36.5 Å². The van der Waals surface area contributed by atoms with Gasteiger partial charge in [0.2, 0.25) is 0 Å². The van der Waals surface area contributed by atoms with Crippen LogP contribution in [0.1, 0.15) is 17.5 Å². The van der Waals surface area contributed by atoms with Gasteiger partial charge in [0.1, 0.15) is 11.9 Å². The maximum absolute atomic E-state index is 5.91. The van der Waals surface area contributed by atoms with Crippen LogP contribution in [0.5, 0.6) is 5.75 Å². The molecule has 1 aliphatic rings. The van der Waals surface area contributed by atoms with Gasteiger partial charge in [0, 0.05) is 30.2 Å². The summed E-state index contributed by atoms with van der Waals surface area (Å²) in [5, 5.41) is 11.3. The molecule has 1 saturated heterocycles. The molecule has 1 atom stereocenters. The Kier molecular flexibility index (Phi) is 4.75. The zero-order valence-electron chi connectivity index (χ0n) is 11.6. The molecule has 2 heterocycles. The van der Waals surface area contributed by atoms with Gasteiger partial charge in [-0.25, -0.2) is 0 Å². The predicted octanol–water partition coefficient (Wildman–Crippen LogP) is 2.35. The average Bonchev–Trinajstić information content (AvgIpc) is 2.97. The fraction of sp³-hybridized carbons (Fsp3) is 0.400. The minimum atomic E-state index is 0.0394. The van der Waals surface area contributed by atoms with Crippen molar-refractivity contribution in [3.05, 3.63) is 46.7 Å². The number of morpholine rings is 1. The van der Waals surface area contributed by atoms with Gasteiger partial charge in [-0.15, -0.1) is 0 Å². The highest BCUT2D eigenvalue weighted by Crippen LogP contribution is 2.19. The van der Waals surface area contributed by atoms with Gasteiger partial charge in [-0.05, 0) is 24.3 Å². The fourth-order valence-electron chi connectivity index (χ4n) is 2.26. The monoisotopic (exact) mass is 307 g/mol. The van der Waals surface area contributed by atoms with Crippen molar-refractivity contribution in [2.24, 2.45) is 0 Å². The van der Waals surface area contributed by atoms with E-state index in [9.17, 15) is 0 Å². The Morgan fingerprint density at radius 2 is 2.33 bits per heavy atom. The standard InChI is InChI=1S/C15H18ClN3O2/c16-11-2-1-3-13(8-11)20-6-4-12-9-14(19-18-12)15-10-17-5-7-21-15/h1-3,8-9,15,17H,4-7,10H2,(H,18,19)/t15-/m1/s1. The van der Waals surface area contributed by atoms with E-state index in [4.69, 9.17) is 21.1 Å². The van der Waals surface area contributed by atoms with Crippen LogP contribution in [0.15, 0.2) is 30.3 Å². The second-order valence-electron chi connectivity index (χ2n) is 4.94. The number of hydrogen-bond acceptors (Lipinski definition) is 4. The molecule has 1 aromatic heterocycles. The number of rotatable bonds is 5. The molecule has 2 aromatic rings. The van der Waals surface area contributed by atoms with Crippen LogP contribution in [0.4, 0.5) is 0 Å². The molecule has 2 N–H and O–H groups in total. The number of aromatic amines is 1. The van der Waals surface area contributed by atoms with Crippen LogP contribution in [0.2, 0.25) is 5.02 Å². The van der Waals surface area contributed by atoms with E-state index in [0.717, 1.165) is 43.3 Å². The lowest BCUT2D eigenvalue weighted by molar-refractivity contribution is 0.0250. The Balaban J connectivity index is 1.50. The normalized spacial score (nSPS) is 18.6. The van der Waals surface area contributed by atoms with Crippen molar-refractivity contribution in [3.63, 3.8) is 0 Å². The molecule has 1 aromatic carbocycles. The van der Waals surface area contributed by atoms with Gasteiger partial charge in [0.05, 0.1) is 18.9 Å². The lowest BCUT2D eigenvalue weighted by Gasteiger charge is -2.21. The SMILES string of the molecule is Clc1cccc(OCCc2cc([C@H]3CNCCO3)n[nH]2)c1. The first-order valence-corrected chi connectivity index (χ1v) is 7.44. The Morgan fingerprint density at radius 1 is 1.38 bits per heavy atom. The van der Waals surface area contributed by atoms with Crippen molar-refractivity contribution in [1.29, 1.82) is 0 Å². The molecule has 3 rings (SSSR count). The van der Waals surface area contributed by atoms with Gasteiger partial charge in [-0.1, -0.05) is 17.7 Å². The molecular weight excluding hydrogens is 290 g/mol. The first-order chi connectivity index (χ1) is 10.3. The van der Waals surface area contributed by atoms with Crippen molar-refractivity contribution < 1.29 is 9.47 Å². The van der Waals surface area contributed by atoms with E-state index >= 15 is 0 Å². The zero-order valence-corrected chi connectivity index (χ0v) is 12.4. The number of H-pyrrole nitrogens is 1. The van der Waals surface area contributed by atoms with Crippen molar-refractivity contribution >= 4 is 11.6 Å². The Hall–Kier alpha value is -1.56. The third kappa shape index (κ3) is 3.97. The molecule has 0 bridgehead atoms. The fourth-order valence-corrected chi connectivity index (χ4v) is 2.44. The topological polar surface area (TPSA) is 59.2 Å². The van der Waals surface area contributed by atoms with E-state index in [1.165, 1.54) is 0 Å². The van der Waals surface area contributed by atoms with Crippen LogP contribution < -0.4 is 10.1 Å². The molecule has 6 heteroatoms. The van der Waals surface area contributed by atoms with Crippen LogP contribution >= 0.6 is 11.6 Å². The molecule has 1 fully saturated rings. The van der Waals surface area contributed by atoms with Crippen LogP contribution in [-0.2, 0) is 11.2 Å². The van der Waals surface area contributed by atoms with Crippen LogP contribution in [0.3, 0.4) is 0 Å². The maximum Gasteiger partial charge on any atom is 0.120 e. The predicted molar refractivity (Wildman–Crippen MR) is 80.8 cm³/mol. The van der Waals surface area contributed by atoms with Crippen LogP contribution in [0, 0.1) is 0 Å². The highest BCUT2D eigenvalue weighted by atomic mass is 35.5. The number of halogens is 1. The molecule has 0 saturated carbocycles. The van der Waals surface area contributed by atoms with Gasteiger partial charge in [0.15, 0.2) is 0 Å². The highest BCUT2D eigenvalue weighted by Gasteiger charge is 2.18. The number of benzene rings is 1. The summed E-state index contributed by atoms with van der Waals surface area (Å²) in [6, 6.07) is 9.44. The van der Waals surface area contributed by atoms with E-state index in [1.54, 1.807) is 0 Å². The molecule has 0 unspecified atom stereocenters. The third-order valence-corrected chi connectivity index (χ3v) is 3.58. The molecule has 1 aliphatic heterocycles. The minimum Gasteiger partial charge on any atom is -0.493 e. The quantitative estimate of drug-likeness (QED) is 0.890. The van der Waals surface area contributed by atoms with Gasteiger partial charge < -0.3 is 14.8 Å². The van der Waals surface area contributed by atoms with Gasteiger partial charge >= 0.3 is 0 Å². The Bertz CT molecular complexity index is 582. The molecule has 112 valence electrons.